The summed E-state index contributed by atoms with van der Waals surface area (Å²) in [5.41, 5.74) is 0.340. The fraction of sp³-hybridized carbons (Fsp3) is 0.500. The summed E-state index contributed by atoms with van der Waals surface area (Å²) in [6, 6.07) is 9.00. The third kappa shape index (κ3) is 1.98. The molecule has 1 N–H and O–H groups in total. The minimum Gasteiger partial charge on any atom is -0.422 e. The van der Waals surface area contributed by atoms with Crippen molar-refractivity contribution < 1.29 is 9.21 Å². The SMILES string of the molecule is CC1(C)[C@H]2CC[C@@]1(C)[C@H](NC(=O)c1cc3ccccc3oc1=O)C2. The highest BCUT2D eigenvalue weighted by Crippen LogP contribution is 2.65. The number of rotatable bonds is 2. The zero-order valence-electron chi connectivity index (χ0n) is 14.4. The number of hydrogen-bond acceptors (Lipinski definition) is 3. The number of carbonyl (C=O) groups is 1. The number of carbonyl (C=O) groups excluding carboxylic acids is 1. The lowest BCUT2D eigenvalue weighted by molar-refractivity contribution is 0.0823. The van der Waals surface area contributed by atoms with Gasteiger partial charge in [0.15, 0.2) is 0 Å². The van der Waals surface area contributed by atoms with Crippen LogP contribution in [0.1, 0.15) is 50.4 Å². The third-order valence-electron chi connectivity index (χ3n) is 6.99. The summed E-state index contributed by atoms with van der Waals surface area (Å²) in [6.07, 6.45) is 3.35. The van der Waals surface area contributed by atoms with Crippen LogP contribution in [0.4, 0.5) is 0 Å². The summed E-state index contributed by atoms with van der Waals surface area (Å²) in [7, 11) is 0. The lowest BCUT2D eigenvalue weighted by Crippen LogP contribution is -2.47. The first-order valence-corrected chi connectivity index (χ1v) is 8.67. The molecule has 2 aromatic rings. The predicted molar refractivity (Wildman–Crippen MR) is 93.0 cm³/mol. The first-order chi connectivity index (χ1) is 11.3. The van der Waals surface area contributed by atoms with Gasteiger partial charge in [-0.2, -0.15) is 0 Å². The third-order valence-corrected chi connectivity index (χ3v) is 6.99. The molecule has 4 nitrogen and oxygen atoms in total. The summed E-state index contributed by atoms with van der Waals surface area (Å²) in [6.45, 7) is 6.89. The molecule has 126 valence electrons. The van der Waals surface area contributed by atoms with Crippen molar-refractivity contribution in [1.82, 2.24) is 5.32 Å². The van der Waals surface area contributed by atoms with E-state index >= 15 is 0 Å². The fourth-order valence-corrected chi connectivity index (χ4v) is 4.88. The second-order valence-electron chi connectivity index (χ2n) is 8.12. The van der Waals surface area contributed by atoms with Gasteiger partial charge in [0.2, 0.25) is 0 Å². The van der Waals surface area contributed by atoms with Crippen molar-refractivity contribution in [2.45, 2.75) is 46.1 Å². The first-order valence-electron chi connectivity index (χ1n) is 8.67. The zero-order valence-corrected chi connectivity index (χ0v) is 14.4. The van der Waals surface area contributed by atoms with Crippen LogP contribution in [0.5, 0.6) is 0 Å². The standard InChI is InChI=1S/C20H23NO3/c1-19(2)13-8-9-20(19,3)16(11-13)21-17(22)14-10-12-6-4-5-7-15(12)24-18(14)23/h4-7,10,13,16H,8-9,11H2,1-3H3,(H,21,22)/t13-,16+,20-/m0/s1. The van der Waals surface area contributed by atoms with Gasteiger partial charge in [-0.1, -0.05) is 39.0 Å². The largest absolute Gasteiger partial charge is 0.422 e. The highest BCUT2D eigenvalue weighted by atomic mass is 16.4. The maximum absolute atomic E-state index is 12.7. The van der Waals surface area contributed by atoms with E-state index in [9.17, 15) is 9.59 Å². The molecular formula is C20H23NO3. The van der Waals surface area contributed by atoms with E-state index in [1.165, 1.54) is 6.42 Å². The van der Waals surface area contributed by atoms with Gasteiger partial charge in [-0.3, -0.25) is 4.79 Å². The van der Waals surface area contributed by atoms with Gasteiger partial charge in [0.05, 0.1) is 0 Å². The van der Waals surface area contributed by atoms with Gasteiger partial charge in [-0.25, -0.2) is 4.79 Å². The molecule has 0 aliphatic heterocycles. The molecule has 1 aromatic carbocycles. The highest BCUT2D eigenvalue weighted by molar-refractivity contribution is 5.96. The van der Waals surface area contributed by atoms with Crippen molar-refractivity contribution >= 4 is 16.9 Å². The molecule has 1 heterocycles. The Balaban J connectivity index is 1.64. The van der Waals surface area contributed by atoms with Gasteiger partial charge in [-0.05, 0) is 48.1 Å². The molecule has 0 saturated heterocycles. The van der Waals surface area contributed by atoms with Crippen LogP contribution in [-0.4, -0.2) is 11.9 Å². The van der Waals surface area contributed by atoms with E-state index in [0.717, 1.165) is 18.2 Å². The molecule has 4 heteroatoms. The van der Waals surface area contributed by atoms with E-state index in [4.69, 9.17) is 4.42 Å². The average molecular weight is 325 g/mol. The Bertz CT molecular complexity index is 882. The van der Waals surface area contributed by atoms with E-state index < -0.39 is 5.63 Å². The van der Waals surface area contributed by atoms with E-state index in [2.05, 4.69) is 26.1 Å². The maximum atomic E-state index is 12.7. The monoisotopic (exact) mass is 325 g/mol. The molecule has 24 heavy (non-hydrogen) atoms. The number of benzene rings is 1. The second kappa shape index (κ2) is 4.95. The fourth-order valence-electron chi connectivity index (χ4n) is 4.88. The van der Waals surface area contributed by atoms with Gasteiger partial charge < -0.3 is 9.73 Å². The van der Waals surface area contributed by atoms with Gasteiger partial charge >= 0.3 is 5.63 Å². The Morgan fingerprint density at radius 1 is 1.25 bits per heavy atom. The van der Waals surface area contributed by atoms with Crippen LogP contribution in [0.3, 0.4) is 0 Å². The normalized spacial score (nSPS) is 30.6. The van der Waals surface area contributed by atoms with E-state index in [0.29, 0.717) is 11.5 Å². The molecule has 2 saturated carbocycles. The molecule has 2 fully saturated rings. The number of amides is 1. The minimum atomic E-state index is -0.571. The highest BCUT2D eigenvalue weighted by Gasteiger charge is 2.61. The van der Waals surface area contributed by atoms with Gasteiger partial charge in [0.25, 0.3) is 5.91 Å². The molecule has 1 aromatic heterocycles. The number of para-hydroxylation sites is 1. The molecule has 2 aliphatic rings. The summed E-state index contributed by atoms with van der Waals surface area (Å²) < 4.78 is 5.29. The molecule has 0 radical (unpaired) electrons. The molecular weight excluding hydrogens is 302 g/mol. The number of fused-ring (bicyclic) bond motifs is 3. The lowest BCUT2D eigenvalue weighted by atomic mass is 9.69. The van der Waals surface area contributed by atoms with Crippen LogP contribution < -0.4 is 10.9 Å². The Morgan fingerprint density at radius 2 is 2.00 bits per heavy atom. The maximum Gasteiger partial charge on any atom is 0.349 e. The topological polar surface area (TPSA) is 59.3 Å². The lowest BCUT2D eigenvalue weighted by Gasteiger charge is -2.39. The van der Waals surface area contributed by atoms with Crippen molar-refractivity contribution in [2.24, 2.45) is 16.7 Å². The van der Waals surface area contributed by atoms with Crippen LogP contribution in [0.15, 0.2) is 39.5 Å². The van der Waals surface area contributed by atoms with Crippen molar-refractivity contribution in [3.63, 3.8) is 0 Å². The molecule has 1 amide bonds. The second-order valence-corrected chi connectivity index (χ2v) is 8.12. The van der Waals surface area contributed by atoms with Gasteiger partial charge in [0, 0.05) is 11.4 Å². The summed E-state index contributed by atoms with van der Waals surface area (Å²) >= 11 is 0. The summed E-state index contributed by atoms with van der Waals surface area (Å²) in [5, 5.41) is 3.89. The minimum absolute atomic E-state index is 0.0877. The van der Waals surface area contributed by atoms with Crippen molar-refractivity contribution in [3.05, 3.63) is 46.3 Å². The molecule has 3 atom stereocenters. The first kappa shape index (κ1) is 15.4. The number of hydrogen-bond donors (Lipinski definition) is 1. The predicted octanol–water partition coefficient (Wildman–Crippen LogP) is 3.74. The van der Waals surface area contributed by atoms with Crippen LogP contribution in [0.25, 0.3) is 11.0 Å². The Morgan fingerprint density at radius 3 is 2.67 bits per heavy atom. The van der Waals surface area contributed by atoms with Crippen LogP contribution >= 0.6 is 0 Å². The van der Waals surface area contributed by atoms with Crippen molar-refractivity contribution in [1.29, 1.82) is 0 Å². The number of nitrogens with one attached hydrogen (secondary N) is 1. The molecule has 2 aliphatic carbocycles. The van der Waals surface area contributed by atoms with Crippen LogP contribution in [-0.2, 0) is 0 Å². The average Bonchev–Trinajstić information content (AvgIpc) is 2.87. The summed E-state index contributed by atoms with van der Waals surface area (Å²) in [5.74, 6) is 0.324. The van der Waals surface area contributed by atoms with Crippen LogP contribution in [0, 0.1) is 16.7 Å². The van der Waals surface area contributed by atoms with E-state index in [1.807, 2.05) is 18.2 Å². The zero-order chi connectivity index (χ0) is 17.1. The smallest absolute Gasteiger partial charge is 0.349 e. The quantitative estimate of drug-likeness (QED) is 0.856. The Labute approximate surface area is 141 Å². The van der Waals surface area contributed by atoms with Crippen molar-refractivity contribution in [3.8, 4) is 0 Å². The van der Waals surface area contributed by atoms with Crippen LogP contribution in [0.2, 0.25) is 0 Å². The van der Waals surface area contributed by atoms with Crippen molar-refractivity contribution in [2.75, 3.05) is 0 Å². The molecule has 2 bridgehead atoms. The Hall–Kier alpha value is -2.10. The van der Waals surface area contributed by atoms with E-state index in [-0.39, 0.29) is 28.3 Å². The van der Waals surface area contributed by atoms with Gasteiger partial charge in [-0.15, -0.1) is 0 Å². The molecule has 0 spiro atoms. The van der Waals surface area contributed by atoms with E-state index in [1.54, 1.807) is 12.1 Å². The summed E-state index contributed by atoms with van der Waals surface area (Å²) in [4.78, 5) is 24.9. The van der Waals surface area contributed by atoms with Gasteiger partial charge in [0.1, 0.15) is 11.1 Å². The Kier molecular flexibility index (Phi) is 3.18. The molecule has 4 rings (SSSR count). The molecule has 0 unspecified atom stereocenters.